The molecular formula is C22H30N2O5. The van der Waals surface area contributed by atoms with E-state index in [-0.39, 0.29) is 18.4 Å². The van der Waals surface area contributed by atoms with Crippen LogP contribution in [0.2, 0.25) is 0 Å². The van der Waals surface area contributed by atoms with Gasteiger partial charge in [0.15, 0.2) is 0 Å². The quantitative estimate of drug-likeness (QED) is 0.740. The Kier molecular flexibility index (Phi) is 7.49. The lowest BCUT2D eigenvalue weighted by Crippen LogP contribution is -2.53. The summed E-state index contributed by atoms with van der Waals surface area (Å²) >= 11 is 0. The lowest BCUT2D eigenvalue weighted by Gasteiger charge is -2.31. The van der Waals surface area contributed by atoms with Gasteiger partial charge >= 0.3 is 12.1 Å². The molecule has 1 N–H and O–H groups in total. The van der Waals surface area contributed by atoms with Crippen LogP contribution < -0.4 is 5.32 Å². The molecule has 2 atom stereocenters. The summed E-state index contributed by atoms with van der Waals surface area (Å²) in [5.41, 5.74) is 0.893. The summed E-state index contributed by atoms with van der Waals surface area (Å²) in [5.74, 6) is -0.637. The van der Waals surface area contributed by atoms with Gasteiger partial charge in [0.05, 0.1) is 7.11 Å². The highest BCUT2D eigenvalue weighted by atomic mass is 16.6. The van der Waals surface area contributed by atoms with Gasteiger partial charge in [0.25, 0.3) is 0 Å². The Balaban J connectivity index is 1.60. The Morgan fingerprint density at radius 1 is 1.07 bits per heavy atom. The number of carbonyl (C=O) groups excluding carboxylic acids is 3. The Morgan fingerprint density at radius 2 is 1.79 bits per heavy atom. The van der Waals surface area contributed by atoms with Crippen LogP contribution in [0.25, 0.3) is 0 Å². The summed E-state index contributed by atoms with van der Waals surface area (Å²) in [6.45, 7) is 0.634. The third kappa shape index (κ3) is 5.49. The van der Waals surface area contributed by atoms with Crippen molar-refractivity contribution in [1.82, 2.24) is 10.2 Å². The van der Waals surface area contributed by atoms with Crippen LogP contribution in [0.5, 0.6) is 0 Å². The van der Waals surface area contributed by atoms with Crippen molar-refractivity contribution in [3.63, 3.8) is 0 Å². The van der Waals surface area contributed by atoms with Crippen molar-refractivity contribution in [2.75, 3.05) is 13.7 Å². The Labute approximate surface area is 171 Å². The van der Waals surface area contributed by atoms with E-state index in [9.17, 15) is 14.4 Å². The number of methoxy groups -OCH3 is 1. The first-order chi connectivity index (χ1) is 14.1. The van der Waals surface area contributed by atoms with E-state index in [1.807, 2.05) is 30.3 Å². The number of nitrogens with zero attached hydrogens (tertiary/aromatic N) is 1. The summed E-state index contributed by atoms with van der Waals surface area (Å²) in [6.07, 6.45) is 5.84. The molecule has 2 aliphatic rings. The monoisotopic (exact) mass is 402 g/mol. The van der Waals surface area contributed by atoms with E-state index in [2.05, 4.69) is 5.32 Å². The Bertz CT molecular complexity index is 702. The van der Waals surface area contributed by atoms with Crippen molar-refractivity contribution in [3.8, 4) is 0 Å². The molecule has 3 rings (SSSR count). The molecule has 2 fully saturated rings. The Morgan fingerprint density at radius 3 is 2.48 bits per heavy atom. The predicted octanol–water partition coefficient (Wildman–Crippen LogP) is 3.03. The first kappa shape index (κ1) is 21.1. The number of amides is 2. The van der Waals surface area contributed by atoms with Gasteiger partial charge in [-0.15, -0.1) is 0 Å². The summed E-state index contributed by atoms with van der Waals surface area (Å²) < 4.78 is 10.3. The molecule has 1 heterocycles. The number of likely N-dealkylation sites (tertiary alicyclic amines) is 1. The van der Waals surface area contributed by atoms with Crippen LogP contribution in [0, 0.1) is 5.92 Å². The van der Waals surface area contributed by atoms with Crippen LogP contribution in [-0.4, -0.2) is 48.6 Å². The number of carbonyl (C=O) groups is 3. The molecule has 1 saturated heterocycles. The number of benzene rings is 1. The van der Waals surface area contributed by atoms with Gasteiger partial charge in [0.1, 0.15) is 18.7 Å². The normalized spacial score (nSPS) is 20.7. The SMILES string of the molecule is COC(=O)[C@@H](NC(=O)[C@H]1CCCN1C(=O)OCc1ccccc1)C1CCCCC1. The van der Waals surface area contributed by atoms with Crippen LogP contribution >= 0.6 is 0 Å². The molecule has 2 amide bonds. The van der Waals surface area contributed by atoms with Crippen LogP contribution in [0.4, 0.5) is 4.79 Å². The maximum atomic E-state index is 12.9. The van der Waals surface area contributed by atoms with Crippen LogP contribution in [0.1, 0.15) is 50.5 Å². The predicted molar refractivity (Wildman–Crippen MR) is 107 cm³/mol. The van der Waals surface area contributed by atoms with Gasteiger partial charge < -0.3 is 14.8 Å². The molecule has 158 valence electrons. The second-order valence-electron chi connectivity index (χ2n) is 7.80. The lowest BCUT2D eigenvalue weighted by molar-refractivity contribution is -0.147. The molecule has 7 nitrogen and oxygen atoms in total. The fraction of sp³-hybridized carbons (Fsp3) is 0.591. The molecule has 0 radical (unpaired) electrons. The first-order valence-electron chi connectivity index (χ1n) is 10.5. The smallest absolute Gasteiger partial charge is 0.410 e. The molecule has 1 aliphatic carbocycles. The molecule has 1 aromatic rings. The summed E-state index contributed by atoms with van der Waals surface area (Å²) in [7, 11) is 1.34. The molecule has 1 aromatic carbocycles. The third-order valence-corrected chi connectivity index (χ3v) is 5.87. The van der Waals surface area contributed by atoms with E-state index in [0.29, 0.717) is 13.0 Å². The summed E-state index contributed by atoms with van der Waals surface area (Å²) in [6, 6.07) is 8.15. The lowest BCUT2D eigenvalue weighted by atomic mass is 9.83. The van der Waals surface area contributed by atoms with E-state index in [1.54, 1.807) is 0 Å². The summed E-state index contributed by atoms with van der Waals surface area (Å²) in [5, 5.41) is 2.88. The number of ether oxygens (including phenoxy) is 2. The number of nitrogens with one attached hydrogen (secondary N) is 1. The molecule has 1 aliphatic heterocycles. The van der Waals surface area contributed by atoms with Crippen molar-refractivity contribution in [2.45, 2.75) is 63.6 Å². The number of hydrogen-bond acceptors (Lipinski definition) is 5. The van der Waals surface area contributed by atoms with Crippen molar-refractivity contribution in [2.24, 2.45) is 5.92 Å². The van der Waals surface area contributed by atoms with E-state index >= 15 is 0 Å². The Hall–Kier alpha value is -2.57. The van der Waals surface area contributed by atoms with Crippen LogP contribution in [-0.2, 0) is 25.7 Å². The second kappa shape index (κ2) is 10.3. The van der Waals surface area contributed by atoms with Gasteiger partial charge in [-0.3, -0.25) is 9.69 Å². The molecule has 0 bridgehead atoms. The maximum Gasteiger partial charge on any atom is 0.410 e. The zero-order chi connectivity index (χ0) is 20.6. The highest BCUT2D eigenvalue weighted by Gasteiger charge is 2.39. The molecular weight excluding hydrogens is 372 g/mol. The average molecular weight is 402 g/mol. The topological polar surface area (TPSA) is 84.9 Å². The van der Waals surface area contributed by atoms with Gasteiger partial charge in [-0.1, -0.05) is 49.6 Å². The first-order valence-corrected chi connectivity index (χ1v) is 10.5. The molecule has 0 spiro atoms. The number of rotatable bonds is 6. The highest BCUT2D eigenvalue weighted by Crippen LogP contribution is 2.28. The third-order valence-electron chi connectivity index (χ3n) is 5.87. The zero-order valence-corrected chi connectivity index (χ0v) is 17.0. The van der Waals surface area contributed by atoms with Crippen molar-refractivity contribution in [1.29, 1.82) is 0 Å². The van der Waals surface area contributed by atoms with E-state index in [1.165, 1.54) is 12.0 Å². The fourth-order valence-corrected chi connectivity index (χ4v) is 4.27. The van der Waals surface area contributed by atoms with Gasteiger partial charge in [-0.2, -0.15) is 0 Å². The largest absolute Gasteiger partial charge is 0.467 e. The highest BCUT2D eigenvalue weighted by molar-refractivity contribution is 5.90. The van der Waals surface area contributed by atoms with Gasteiger partial charge in [-0.05, 0) is 37.2 Å². The van der Waals surface area contributed by atoms with Crippen LogP contribution in [0.15, 0.2) is 30.3 Å². The molecule has 29 heavy (non-hydrogen) atoms. The molecule has 1 saturated carbocycles. The zero-order valence-electron chi connectivity index (χ0n) is 17.0. The van der Waals surface area contributed by atoms with Crippen molar-refractivity contribution >= 4 is 18.0 Å². The van der Waals surface area contributed by atoms with Crippen molar-refractivity contribution in [3.05, 3.63) is 35.9 Å². The van der Waals surface area contributed by atoms with Gasteiger partial charge in [-0.25, -0.2) is 9.59 Å². The fourth-order valence-electron chi connectivity index (χ4n) is 4.27. The minimum absolute atomic E-state index is 0.0834. The standard InChI is InChI=1S/C22H30N2O5/c1-28-21(26)19(17-11-6-3-7-12-17)23-20(25)18-13-8-14-24(18)22(27)29-15-16-9-4-2-5-10-16/h2,4-5,9-10,17-19H,3,6-8,11-15H2,1H3,(H,23,25)/t18-,19+/m1/s1. The van der Waals surface area contributed by atoms with E-state index < -0.39 is 24.1 Å². The number of hydrogen-bond donors (Lipinski definition) is 1. The average Bonchev–Trinajstić information content (AvgIpc) is 3.26. The van der Waals surface area contributed by atoms with Gasteiger partial charge in [0, 0.05) is 6.54 Å². The summed E-state index contributed by atoms with van der Waals surface area (Å²) in [4.78, 5) is 39.2. The number of esters is 1. The second-order valence-corrected chi connectivity index (χ2v) is 7.80. The molecule has 0 aromatic heterocycles. The maximum absolute atomic E-state index is 12.9. The molecule has 7 heteroatoms. The van der Waals surface area contributed by atoms with Crippen LogP contribution in [0.3, 0.4) is 0 Å². The minimum Gasteiger partial charge on any atom is -0.467 e. The van der Waals surface area contributed by atoms with E-state index in [4.69, 9.17) is 9.47 Å². The van der Waals surface area contributed by atoms with Gasteiger partial charge in [0.2, 0.25) is 5.91 Å². The van der Waals surface area contributed by atoms with Crippen molar-refractivity contribution < 1.29 is 23.9 Å². The van der Waals surface area contributed by atoms with E-state index in [0.717, 1.165) is 44.1 Å². The minimum atomic E-state index is -0.657. The molecule has 0 unspecified atom stereocenters.